The Morgan fingerprint density at radius 2 is 2.05 bits per heavy atom. The number of carbonyl (C=O) groups excluding carboxylic acids is 4. The second kappa shape index (κ2) is 14.1. The molecule has 14 nitrogen and oxygen atoms in total. The van der Waals surface area contributed by atoms with Crippen molar-refractivity contribution < 1.29 is 98.1 Å². The van der Waals surface area contributed by atoms with Crippen LogP contribution >= 0.6 is 34.4 Å². The number of β-lactam (4-membered cyclic amide) rings is 1. The van der Waals surface area contributed by atoms with Crippen molar-refractivity contribution in [2.24, 2.45) is 5.16 Å². The number of anilines is 1. The van der Waals surface area contributed by atoms with Gasteiger partial charge in [0.1, 0.15) is 35.2 Å². The molecule has 2 aliphatic rings. The van der Waals surface area contributed by atoms with Gasteiger partial charge < -0.3 is 40.4 Å². The smallest absolute Gasteiger partial charge is 0.546 e. The molecule has 19 heteroatoms. The molecular weight excluding hydrogens is 582 g/mol. The summed E-state index contributed by atoms with van der Waals surface area (Å²) in [5.41, 5.74) is 4.76. The van der Waals surface area contributed by atoms with Crippen LogP contribution in [0, 0.1) is 6.92 Å². The zero-order chi connectivity index (χ0) is 26.0. The summed E-state index contributed by atoms with van der Waals surface area (Å²) in [6.07, 6.45) is 1.62. The van der Waals surface area contributed by atoms with E-state index >= 15 is 0 Å². The van der Waals surface area contributed by atoms with Crippen molar-refractivity contribution >= 4 is 69.0 Å². The monoisotopic (exact) mass is 598 g/mol. The zero-order valence-electron chi connectivity index (χ0n) is 20.3. The predicted octanol–water partition coefficient (Wildman–Crippen LogP) is -8.45. The number of thiazole rings is 2. The van der Waals surface area contributed by atoms with Crippen molar-refractivity contribution in [1.29, 1.82) is 0 Å². The number of nitrogens with zero attached hydrogens (tertiary/aromatic N) is 4. The molecule has 2 aliphatic heterocycles. The minimum atomic E-state index is -1.59. The van der Waals surface area contributed by atoms with Crippen LogP contribution in [0.3, 0.4) is 0 Å². The largest absolute Gasteiger partial charge is 1.00 e. The van der Waals surface area contributed by atoms with Gasteiger partial charge in [-0.2, -0.15) is 0 Å². The summed E-state index contributed by atoms with van der Waals surface area (Å²) >= 11 is 3.58. The number of thioether (sulfide) groups is 1. The van der Waals surface area contributed by atoms with Crippen molar-refractivity contribution in [1.82, 2.24) is 20.2 Å². The number of carboxylic acid groups (broad SMARTS) is 2. The third kappa shape index (κ3) is 7.28. The number of oxime groups is 1. The van der Waals surface area contributed by atoms with E-state index in [1.54, 1.807) is 6.20 Å². The second-order valence-corrected chi connectivity index (χ2v) is 10.5. The Labute approximate surface area is 271 Å². The van der Waals surface area contributed by atoms with Crippen molar-refractivity contribution in [3.63, 3.8) is 0 Å². The molecule has 4 heterocycles. The first-order chi connectivity index (χ1) is 17.2. The third-order valence-electron chi connectivity index (χ3n) is 4.79. The molecule has 0 unspecified atom stereocenters. The first-order valence-electron chi connectivity index (χ1n) is 10.0. The molecular formula is C19H16N6Na2O8S3. The summed E-state index contributed by atoms with van der Waals surface area (Å²) in [4.78, 5) is 62.6. The molecule has 2 aromatic heterocycles. The van der Waals surface area contributed by atoms with E-state index in [1.807, 2.05) is 6.92 Å². The molecule has 2 amide bonds. The number of carboxylic acids is 2. The number of aromatic nitrogens is 2. The minimum absolute atomic E-state index is 0. The number of amides is 2. The average molecular weight is 599 g/mol. The number of hydrogen-bond donors (Lipinski definition) is 2. The van der Waals surface area contributed by atoms with Crippen LogP contribution in [-0.4, -0.2) is 68.1 Å². The molecule has 0 radical (unpaired) electrons. The third-order valence-corrected chi connectivity index (χ3v) is 7.60. The first kappa shape index (κ1) is 32.5. The fraction of sp³-hybridized carbons (Fsp3) is 0.316. The molecule has 0 spiro atoms. The zero-order valence-corrected chi connectivity index (χ0v) is 26.7. The molecule has 1 fully saturated rings. The number of nitrogen functional groups attached to an aromatic ring is 1. The van der Waals surface area contributed by atoms with Crippen LogP contribution in [0.25, 0.3) is 0 Å². The molecule has 1 saturated heterocycles. The summed E-state index contributed by atoms with van der Waals surface area (Å²) in [7, 11) is 0. The summed E-state index contributed by atoms with van der Waals surface area (Å²) < 4.78 is 5.66. The maximum Gasteiger partial charge on any atom is 1.00 e. The van der Waals surface area contributed by atoms with E-state index in [2.05, 4.69) is 25.3 Å². The summed E-state index contributed by atoms with van der Waals surface area (Å²) in [6, 6.07) is -1.11. The Morgan fingerprint density at radius 3 is 2.63 bits per heavy atom. The van der Waals surface area contributed by atoms with E-state index < -0.39 is 53.2 Å². The maximum atomic E-state index is 12.9. The standard InChI is InChI=1S/C19H18N6O8S3.2Na/c1-7-21-2-8(36-7)3-32-10-6-34-17-13(16(29)25(17)14(10)18(30)31)23-15(28)12(24-33-4-11(26)27)9-5-35-19(20)22-9;;/h2,5,13,17H,3-4,6H2,1H3,(H2,20,22)(H,23,28)(H,26,27)(H,30,31);;/q;2*+1/p-2/b24-12-;;/t13-,17-;;/m1../s1. The molecule has 2 atom stereocenters. The number of carbonyl (C=O) groups is 4. The molecule has 0 bridgehead atoms. The SMILES string of the molecule is Cc1ncc(COC2=C(C(=O)[O-])N3C(=O)[C@@H](NC(=O)/C(=N\OCC(=O)[O-])c4csc(N)n4)[C@H]3SC2)s1.[Na+].[Na+]. The molecule has 38 heavy (non-hydrogen) atoms. The fourth-order valence-electron chi connectivity index (χ4n) is 3.28. The first-order valence-corrected chi connectivity index (χ1v) is 12.8. The number of aryl methyl sites for hydroxylation is 1. The second-order valence-electron chi connectivity index (χ2n) is 7.21. The van der Waals surface area contributed by atoms with Crippen LogP contribution in [-0.2, 0) is 35.4 Å². The molecule has 2 aromatic rings. The van der Waals surface area contributed by atoms with Gasteiger partial charge in [0.25, 0.3) is 11.8 Å². The average Bonchev–Trinajstić information content (AvgIpc) is 3.45. The fourth-order valence-corrected chi connectivity index (χ4v) is 5.82. The van der Waals surface area contributed by atoms with E-state index in [9.17, 15) is 29.4 Å². The van der Waals surface area contributed by atoms with Crippen molar-refractivity contribution in [3.8, 4) is 0 Å². The summed E-state index contributed by atoms with van der Waals surface area (Å²) in [5.74, 6) is -4.59. The number of aliphatic carboxylic acids is 2. The van der Waals surface area contributed by atoms with E-state index in [0.717, 1.165) is 26.1 Å². The van der Waals surface area contributed by atoms with Crippen molar-refractivity contribution in [2.75, 3.05) is 18.1 Å². The number of nitrogens with two attached hydrogens (primary N) is 1. The Morgan fingerprint density at radius 1 is 1.32 bits per heavy atom. The van der Waals surface area contributed by atoms with Gasteiger partial charge in [-0.05, 0) is 6.92 Å². The van der Waals surface area contributed by atoms with E-state index in [4.69, 9.17) is 10.5 Å². The van der Waals surface area contributed by atoms with Crippen LogP contribution < -0.4 is 80.4 Å². The van der Waals surface area contributed by atoms with Gasteiger partial charge in [-0.3, -0.25) is 14.5 Å². The van der Waals surface area contributed by atoms with Gasteiger partial charge in [0, 0.05) is 11.6 Å². The van der Waals surface area contributed by atoms with E-state index in [1.165, 1.54) is 28.5 Å². The molecule has 0 aliphatic carbocycles. The molecule has 190 valence electrons. The number of hydrogen-bond acceptors (Lipinski definition) is 15. The van der Waals surface area contributed by atoms with Gasteiger partial charge >= 0.3 is 59.1 Å². The number of ether oxygens (including phenoxy) is 1. The Hall–Kier alpha value is -1.70. The molecule has 3 N–H and O–H groups in total. The van der Waals surface area contributed by atoms with Crippen LogP contribution in [0.1, 0.15) is 15.6 Å². The van der Waals surface area contributed by atoms with Gasteiger partial charge in [0.05, 0.1) is 27.6 Å². The van der Waals surface area contributed by atoms with Gasteiger partial charge in [0.2, 0.25) is 0 Å². The van der Waals surface area contributed by atoms with Gasteiger partial charge in [-0.25, -0.2) is 9.97 Å². The Balaban J connectivity index is 0.00000253. The Kier molecular flexibility index (Phi) is 12.1. The van der Waals surface area contributed by atoms with Crippen LogP contribution in [0.2, 0.25) is 0 Å². The minimum Gasteiger partial charge on any atom is -0.546 e. The molecule has 0 aromatic carbocycles. The normalized spacial score (nSPS) is 18.4. The van der Waals surface area contributed by atoms with E-state index in [0.29, 0.717) is 0 Å². The maximum absolute atomic E-state index is 12.9. The number of nitrogens with one attached hydrogen (secondary N) is 1. The van der Waals surface area contributed by atoms with Crippen LogP contribution in [0.15, 0.2) is 28.2 Å². The van der Waals surface area contributed by atoms with Crippen molar-refractivity contribution in [2.45, 2.75) is 24.9 Å². The topological polar surface area (TPSA) is 212 Å². The van der Waals surface area contributed by atoms with Gasteiger partial charge in [0.15, 0.2) is 17.5 Å². The van der Waals surface area contributed by atoms with Crippen LogP contribution in [0.5, 0.6) is 0 Å². The molecule has 4 rings (SSSR count). The number of fused-ring (bicyclic) bond motifs is 1. The summed E-state index contributed by atoms with van der Waals surface area (Å²) in [5, 5.41) is 30.0. The van der Waals surface area contributed by atoms with Crippen LogP contribution in [0.4, 0.5) is 5.13 Å². The van der Waals surface area contributed by atoms with Crippen molar-refractivity contribution in [3.05, 3.63) is 38.6 Å². The van der Waals surface area contributed by atoms with Gasteiger partial charge in [-0.15, -0.1) is 34.4 Å². The van der Waals surface area contributed by atoms with Gasteiger partial charge in [-0.1, -0.05) is 5.16 Å². The Bertz CT molecular complexity index is 1300. The molecule has 0 saturated carbocycles. The van der Waals surface area contributed by atoms with E-state index in [-0.39, 0.29) is 88.1 Å². The summed E-state index contributed by atoms with van der Waals surface area (Å²) in [6.45, 7) is 0.978. The number of rotatable bonds is 10. The predicted molar refractivity (Wildman–Crippen MR) is 123 cm³/mol. The quantitative estimate of drug-likeness (QED) is 0.113.